The molecule has 0 saturated heterocycles. The van der Waals surface area contributed by atoms with E-state index < -0.39 is 0 Å². The zero-order chi connectivity index (χ0) is 19.2. The van der Waals surface area contributed by atoms with Crippen molar-refractivity contribution < 1.29 is 14.3 Å². The zero-order valence-corrected chi connectivity index (χ0v) is 16.3. The minimum Gasteiger partial charge on any atom is -0.462 e. The van der Waals surface area contributed by atoms with Crippen LogP contribution in [-0.4, -0.2) is 23.1 Å². The molecule has 3 aromatic rings. The average molecular weight is 382 g/mol. The predicted octanol–water partition coefficient (Wildman–Crippen LogP) is 3.96. The molecule has 5 nitrogen and oxygen atoms in total. The summed E-state index contributed by atoms with van der Waals surface area (Å²) in [4.78, 5) is 29.3. The molecule has 0 fully saturated rings. The molecule has 0 N–H and O–H groups in total. The molecule has 0 spiro atoms. The highest BCUT2D eigenvalue weighted by atomic mass is 32.1. The summed E-state index contributed by atoms with van der Waals surface area (Å²) < 4.78 is 7.97. The Bertz CT molecular complexity index is 1020. The molecule has 0 bridgehead atoms. The molecule has 0 atom stereocenters. The number of rotatable bonds is 6. The van der Waals surface area contributed by atoms with Crippen LogP contribution in [0.4, 0.5) is 0 Å². The summed E-state index contributed by atoms with van der Waals surface area (Å²) in [6.07, 6.45) is 1.04. The van der Waals surface area contributed by atoms with Gasteiger partial charge in [0.05, 0.1) is 22.4 Å². The van der Waals surface area contributed by atoms with Crippen LogP contribution in [0.3, 0.4) is 0 Å². The third-order valence-electron chi connectivity index (χ3n) is 4.20. The second kappa shape index (κ2) is 8.77. The summed E-state index contributed by atoms with van der Waals surface area (Å²) >= 11 is 1.42. The normalized spacial score (nSPS) is 11.7. The van der Waals surface area contributed by atoms with E-state index in [2.05, 4.69) is 4.99 Å². The third kappa shape index (κ3) is 4.52. The second-order valence-corrected chi connectivity index (χ2v) is 7.03. The number of ether oxygens (including phenoxy) is 1. The molecule has 0 saturated carbocycles. The Morgan fingerprint density at radius 2 is 1.89 bits per heavy atom. The Morgan fingerprint density at radius 3 is 2.59 bits per heavy atom. The lowest BCUT2D eigenvalue weighted by Crippen LogP contribution is -2.16. The highest BCUT2D eigenvalue weighted by Gasteiger charge is 2.12. The number of amides is 1. The quantitative estimate of drug-likeness (QED) is 0.606. The van der Waals surface area contributed by atoms with E-state index in [4.69, 9.17) is 4.74 Å². The van der Waals surface area contributed by atoms with Crippen LogP contribution >= 0.6 is 11.3 Å². The van der Waals surface area contributed by atoms with Gasteiger partial charge in [-0.25, -0.2) is 4.79 Å². The molecule has 2 aromatic carbocycles. The number of esters is 1. The number of thiazole rings is 1. The largest absolute Gasteiger partial charge is 0.462 e. The van der Waals surface area contributed by atoms with Crippen molar-refractivity contribution in [3.8, 4) is 0 Å². The van der Waals surface area contributed by atoms with Gasteiger partial charge in [-0.2, -0.15) is 4.99 Å². The van der Waals surface area contributed by atoms with Gasteiger partial charge >= 0.3 is 5.97 Å². The molecule has 0 aliphatic carbocycles. The SMILES string of the molecule is CCOC(=O)c1ccc2c(c1)sc(=NC(=O)CCc1ccccc1)n2CC. The molecule has 0 radical (unpaired) electrons. The summed E-state index contributed by atoms with van der Waals surface area (Å²) in [7, 11) is 0. The van der Waals surface area contributed by atoms with Gasteiger partial charge in [-0.1, -0.05) is 41.7 Å². The molecule has 1 aromatic heterocycles. The minimum atomic E-state index is -0.340. The average Bonchev–Trinajstić information content (AvgIpc) is 3.03. The number of aromatic nitrogens is 1. The lowest BCUT2D eigenvalue weighted by molar-refractivity contribution is -0.118. The van der Waals surface area contributed by atoms with Crippen molar-refractivity contribution in [1.29, 1.82) is 0 Å². The van der Waals surface area contributed by atoms with Crippen molar-refractivity contribution in [2.45, 2.75) is 33.2 Å². The maximum Gasteiger partial charge on any atom is 0.338 e. The van der Waals surface area contributed by atoms with Crippen LogP contribution in [-0.2, 0) is 22.5 Å². The highest BCUT2D eigenvalue weighted by molar-refractivity contribution is 7.16. The van der Waals surface area contributed by atoms with Crippen LogP contribution in [0.15, 0.2) is 53.5 Å². The number of fused-ring (bicyclic) bond motifs is 1. The molecule has 0 unspecified atom stereocenters. The fourth-order valence-corrected chi connectivity index (χ4v) is 4.01. The topological polar surface area (TPSA) is 60.7 Å². The smallest absolute Gasteiger partial charge is 0.338 e. The monoisotopic (exact) mass is 382 g/mol. The first-order valence-electron chi connectivity index (χ1n) is 9.04. The standard InChI is InChI=1S/C21H22N2O3S/c1-3-23-17-12-11-16(20(25)26-4-2)14-18(17)27-21(23)22-19(24)13-10-15-8-6-5-7-9-15/h5-9,11-12,14H,3-4,10,13H2,1-2H3. The first kappa shape index (κ1) is 19.0. The van der Waals surface area contributed by atoms with Gasteiger partial charge < -0.3 is 9.30 Å². The maximum absolute atomic E-state index is 12.3. The molecule has 140 valence electrons. The number of nitrogens with zero attached hydrogens (tertiary/aromatic N) is 2. The molecule has 3 rings (SSSR count). The van der Waals surface area contributed by atoms with Crippen molar-refractivity contribution in [2.24, 2.45) is 4.99 Å². The zero-order valence-electron chi connectivity index (χ0n) is 15.5. The van der Waals surface area contributed by atoms with Gasteiger partial charge in [0.1, 0.15) is 0 Å². The van der Waals surface area contributed by atoms with Crippen LogP contribution in [0.5, 0.6) is 0 Å². The van der Waals surface area contributed by atoms with Crippen molar-refractivity contribution in [3.63, 3.8) is 0 Å². The first-order valence-corrected chi connectivity index (χ1v) is 9.86. The molecule has 6 heteroatoms. The van der Waals surface area contributed by atoms with Crippen LogP contribution in [0, 0.1) is 0 Å². The molecule has 1 amide bonds. The van der Waals surface area contributed by atoms with Crippen LogP contribution in [0.25, 0.3) is 10.2 Å². The lowest BCUT2D eigenvalue weighted by atomic mass is 10.1. The molecular formula is C21H22N2O3S. The Kier molecular flexibility index (Phi) is 6.19. The number of benzene rings is 2. The first-order chi connectivity index (χ1) is 13.1. The number of aryl methyl sites for hydroxylation is 2. The van der Waals surface area contributed by atoms with Crippen molar-refractivity contribution in [1.82, 2.24) is 4.57 Å². The van der Waals surface area contributed by atoms with Crippen molar-refractivity contribution in [3.05, 3.63) is 64.5 Å². The number of hydrogen-bond donors (Lipinski definition) is 0. The van der Waals surface area contributed by atoms with Gasteiger partial charge in [-0.15, -0.1) is 0 Å². The van der Waals surface area contributed by atoms with Crippen LogP contribution in [0.1, 0.15) is 36.2 Å². The lowest BCUT2D eigenvalue weighted by Gasteiger charge is -2.03. The molecule has 0 aliphatic heterocycles. The van der Waals surface area contributed by atoms with E-state index in [0.717, 1.165) is 15.8 Å². The molecule has 0 aliphatic rings. The third-order valence-corrected chi connectivity index (χ3v) is 5.24. The van der Waals surface area contributed by atoms with Crippen molar-refractivity contribution >= 4 is 33.4 Å². The van der Waals surface area contributed by atoms with E-state index in [0.29, 0.717) is 36.4 Å². The summed E-state index contributed by atoms with van der Waals surface area (Å²) in [5, 5.41) is 0. The van der Waals surface area contributed by atoms with Gasteiger partial charge in [0, 0.05) is 13.0 Å². The van der Waals surface area contributed by atoms with Gasteiger partial charge in [-0.05, 0) is 44.0 Å². The van der Waals surface area contributed by atoms with E-state index in [1.54, 1.807) is 19.1 Å². The number of hydrogen-bond acceptors (Lipinski definition) is 4. The van der Waals surface area contributed by atoms with Gasteiger partial charge in [0.25, 0.3) is 0 Å². The van der Waals surface area contributed by atoms with Gasteiger partial charge in [-0.3, -0.25) is 4.79 Å². The maximum atomic E-state index is 12.3. The Hall–Kier alpha value is -2.73. The highest BCUT2D eigenvalue weighted by Crippen LogP contribution is 2.20. The van der Waals surface area contributed by atoms with Crippen molar-refractivity contribution in [2.75, 3.05) is 6.61 Å². The number of carbonyl (C=O) groups excluding carboxylic acids is 2. The van der Waals surface area contributed by atoms with E-state index in [1.165, 1.54) is 11.3 Å². The minimum absolute atomic E-state index is 0.141. The summed E-state index contributed by atoms with van der Waals surface area (Å²) in [6, 6.07) is 15.4. The van der Waals surface area contributed by atoms with Gasteiger partial charge in [0.2, 0.25) is 5.91 Å². The van der Waals surface area contributed by atoms with Crippen LogP contribution < -0.4 is 4.80 Å². The molecule has 1 heterocycles. The summed E-state index contributed by atoms with van der Waals surface area (Å²) in [5.41, 5.74) is 2.60. The fourth-order valence-electron chi connectivity index (χ4n) is 2.86. The Labute approximate surface area is 161 Å². The Balaban J connectivity index is 1.87. The molecule has 27 heavy (non-hydrogen) atoms. The second-order valence-electron chi connectivity index (χ2n) is 6.02. The van der Waals surface area contributed by atoms with E-state index in [9.17, 15) is 9.59 Å². The fraction of sp³-hybridized carbons (Fsp3) is 0.286. The predicted molar refractivity (Wildman–Crippen MR) is 107 cm³/mol. The van der Waals surface area contributed by atoms with E-state index in [1.807, 2.05) is 47.9 Å². The number of carbonyl (C=O) groups is 2. The summed E-state index contributed by atoms with van der Waals surface area (Å²) in [5.74, 6) is -0.480. The molecular weight excluding hydrogens is 360 g/mol. The van der Waals surface area contributed by atoms with E-state index >= 15 is 0 Å². The van der Waals surface area contributed by atoms with Gasteiger partial charge in [0.15, 0.2) is 4.80 Å². The Morgan fingerprint density at radius 1 is 1.11 bits per heavy atom. The summed E-state index contributed by atoms with van der Waals surface area (Å²) in [6.45, 7) is 4.83. The van der Waals surface area contributed by atoms with E-state index in [-0.39, 0.29) is 11.9 Å². The van der Waals surface area contributed by atoms with Crippen LogP contribution in [0.2, 0.25) is 0 Å².